The number of nitriles is 1. The average molecular weight is 392 g/mol. The highest BCUT2D eigenvalue weighted by Crippen LogP contribution is 2.34. The molecule has 148 valence electrons. The summed E-state index contributed by atoms with van der Waals surface area (Å²) in [4.78, 5) is 13.9. The minimum Gasteiger partial charge on any atom is -0.379 e. The summed E-state index contributed by atoms with van der Waals surface area (Å²) in [5, 5.41) is 17.8. The molecule has 0 unspecified atom stereocenters. The Balaban J connectivity index is 1.82. The van der Waals surface area contributed by atoms with Crippen molar-refractivity contribution in [3.8, 4) is 6.07 Å². The molecule has 0 bridgehead atoms. The summed E-state index contributed by atoms with van der Waals surface area (Å²) < 4.78 is 38.9. The molecule has 3 N–H and O–H groups in total. The normalized spacial score (nSPS) is 17.2. The van der Waals surface area contributed by atoms with Crippen LogP contribution in [-0.2, 0) is 6.18 Å². The summed E-state index contributed by atoms with van der Waals surface area (Å²) in [5.41, 5.74) is 0.291. The fourth-order valence-electron chi connectivity index (χ4n) is 2.97. The van der Waals surface area contributed by atoms with E-state index in [0.717, 1.165) is 19.5 Å². The predicted molar refractivity (Wildman–Crippen MR) is 98.3 cm³/mol. The lowest BCUT2D eigenvalue weighted by Gasteiger charge is -2.16. The first-order valence-electron chi connectivity index (χ1n) is 8.54. The molecular weight excluding hydrogens is 373 g/mol. The van der Waals surface area contributed by atoms with Gasteiger partial charge in [-0.2, -0.15) is 23.4 Å². The quantitative estimate of drug-likeness (QED) is 0.714. The van der Waals surface area contributed by atoms with Crippen molar-refractivity contribution in [3.05, 3.63) is 29.7 Å². The molecule has 1 aliphatic rings. The first kappa shape index (κ1) is 19.6. The number of halogens is 3. The Kier molecular flexibility index (Phi) is 5.51. The number of alkyl halides is 3. The van der Waals surface area contributed by atoms with Gasteiger partial charge in [0.2, 0.25) is 5.95 Å². The zero-order chi connectivity index (χ0) is 20.3. The van der Waals surface area contributed by atoms with Gasteiger partial charge in [-0.1, -0.05) is 0 Å². The molecule has 3 rings (SSSR count). The van der Waals surface area contributed by atoms with Crippen LogP contribution in [0.2, 0.25) is 0 Å². The zero-order valence-electron chi connectivity index (χ0n) is 15.3. The van der Waals surface area contributed by atoms with E-state index < -0.39 is 11.7 Å². The molecule has 0 aliphatic carbocycles. The van der Waals surface area contributed by atoms with Gasteiger partial charge in [0.1, 0.15) is 17.5 Å². The van der Waals surface area contributed by atoms with Crippen LogP contribution in [0.25, 0.3) is 0 Å². The van der Waals surface area contributed by atoms with Crippen LogP contribution >= 0.6 is 0 Å². The van der Waals surface area contributed by atoms with Crippen LogP contribution in [0.5, 0.6) is 0 Å². The Labute approximate surface area is 159 Å². The number of aromatic nitrogens is 3. The lowest BCUT2D eigenvalue weighted by Crippen LogP contribution is -2.24. The van der Waals surface area contributed by atoms with E-state index in [1.807, 2.05) is 13.1 Å². The molecule has 0 amide bonds. The van der Waals surface area contributed by atoms with E-state index in [1.54, 1.807) is 6.07 Å². The third kappa shape index (κ3) is 4.40. The summed E-state index contributed by atoms with van der Waals surface area (Å²) in [7, 11) is 3.37. The molecule has 0 radical (unpaired) electrons. The first-order valence-corrected chi connectivity index (χ1v) is 8.54. The van der Waals surface area contributed by atoms with Gasteiger partial charge in [-0.05, 0) is 26.1 Å². The number of nitrogens with one attached hydrogen (secondary N) is 3. The molecule has 2 aromatic rings. The highest BCUT2D eigenvalue weighted by atomic mass is 19.4. The Bertz CT molecular complexity index is 893. The van der Waals surface area contributed by atoms with Crippen molar-refractivity contribution < 1.29 is 13.2 Å². The number of likely N-dealkylation sites (tertiary alicyclic amines) is 1. The molecule has 8 nitrogen and oxygen atoms in total. The van der Waals surface area contributed by atoms with Gasteiger partial charge < -0.3 is 20.9 Å². The second kappa shape index (κ2) is 7.85. The van der Waals surface area contributed by atoms with Crippen molar-refractivity contribution in [1.82, 2.24) is 19.9 Å². The lowest BCUT2D eigenvalue weighted by atomic mass is 10.2. The largest absolute Gasteiger partial charge is 0.421 e. The molecule has 28 heavy (non-hydrogen) atoms. The van der Waals surface area contributed by atoms with E-state index in [0.29, 0.717) is 17.6 Å². The summed E-state index contributed by atoms with van der Waals surface area (Å²) in [6.45, 7) is 1.80. The van der Waals surface area contributed by atoms with E-state index in [9.17, 15) is 18.4 Å². The number of hydrogen-bond acceptors (Lipinski definition) is 8. The molecule has 1 saturated heterocycles. The molecule has 1 aliphatic heterocycles. The van der Waals surface area contributed by atoms with Gasteiger partial charge in [0.15, 0.2) is 5.69 Å². The number of hydrogen-bond donors (Lipinski definition) is 3. The van der Waals surface area contributed by atoms with Crippen molar-refractivity contribution >= 4 is 23.1 Å². The smallest absolute Gasteiger partial charge is 0.379 e. The highest BCUT2D eigenvalue weighted by molar-refractivity contribution is 5.65. The molecule has 1 fully saturated rings. The number of pyridine rings is 1. The maximum atomic E-state index is 13.0. The Morgan fingerprint density at radius 3 is 2.68 bits per heavy atom. The summed E-state index contributed by atoms with van der Waals surface area (Å²) >= 11 is 0. The molecule has 2 aromatic heterocycles. The summed E-state index contributed by atoms with van der Waals surface area (Å²) in [5.74, 6) is -0.352. The van der Waals surface area contributed by atoms with Crippen LogP contribution in [0, 0.1) is 11.3 Å². The third-order valence-electron chi connectivity index (χ3n) is 4.33. The van der Waals surface area contributed by atoms with E-state index in [1.165, 1.54) is 13.2 Å². The second-order valence-electron chi connectivity index (χ2n) is 6.45. The molecule has 1 atom stereocenters. The molecule has 0 aromatic carbocycles. The summed E-state index contributed by atoms with van der Waals surface area (Å²) in [6.07, 6.45) is -1.50. The topological polar surface area (TPSA) is 102 Å². The summed E-state index contributed by atoms with van der Waals surface area (Å²) in [6, 6.07) is 3.89. The Morgan fingerprint density at radius 1 is 1.29 bits per heavy atom. The molecule has 3 heterocycles. The van der Waals surface area contributed by atoms with Gasteiger partial charge in [-0.25, -0.2) is 9.97 Å². The number of anilines is 4. The van der Waals surface area contributed by atoms with Gasteiger partial charge in [0, 0.05) is 25.8 Å². The second-order valence-corrected chi connectivity index (χ2v) is 6.45. The number of nitrogens with zero attached hydrogens (tertiary/aromatic N) is 5. The molecule has 0 saturated carbocycles. The van der Waals surface area contributed by atoms with E-state index in [4.69, 9.17) is 0 Å². The van der Waals surface area contributed by atoms with Crippen LogP contribution in [0.3, 0.4) is 0 Å². The predicted octanol–water partition coefficient (Wildman–Crippen LogP) is 2.66. The van der Waals surface area contributed by atoms with Crippen molar-refractivity contribution in [2.45, 2.75) is 18.6 Å². The van der Waals surface area contributed by atoms with E-state index >= 15 is 0 Å². The fraction of sp³-hybridized carbons (Fsp3) is 0.412. The fourth-order valence-corrected chi connectivity index (χ4v) is 2.97. The SMILES string of the molecule is CNc1nc(Nc2cnc(C#N)c(N[C@@H]3CCN(C)C3)c2)ncc1C(F)(F)F. The Morgan fingerprint density at radius 2 is 2.07 bits per heavy atom. The minimum atomic E-state index is -4.56. The van der Waals surface area contributed by atoms with Gasteiger partial charge in [-0.15, -0.1) is 0 Å². The standard InChI is InChI=1S/C17H19F3N8/c1-22-15-12(17(18,19)20)8-24-16(27-15)26-11-5-13(14(6-21)23-7-11)25-10-3-4-28(2)9-10/h5,7-8,10,25H,3-4,9H2,1-2H3,(H2,22,24,26,27)/t10-/m1/s1. The molecule has 0 spiro atoms. The van der Waals surface area contributed by atoms with Crippen molar-refractivity contribution in [1.29, 1.82) is 5.26 Å². The first-order chi connectivity index (χ1) is 13.3. The van der Waals surface area contributed by atoms with Crippen LogP contribution < -0.4 is 16.0 Å². The van der Waals surface area contributed by atoms with Crippen molar-refractivity contribution in [2.75, 3.05) is 43.1 Å². The minimum absolute atomic E-state index is 0.0181. The number of likely N-dealkylation sites (N-methyl/N-ethyl adjacent to an activating group) is 1. The van der Waals surface area contributed by atoms with Gasteiger partial charge in [-0.3, -0.25) is 0 Å². The maximum Gasteiger partial charge on any atom is 0.421 e. The monoisotopic (exact) mass is 392 g/mol. The van der Waals surface area contributed by atoms with Crippen LogP contribution in [-0.4, -0.2) is 53.1 Å². The number of rotatable bonds is 5. The highest BCUT2D eigenvalue weighted by Gasteiger charge is 2.35. The Hall–Kier alpha value is -3.13. The van der Waals surface area contributed by atoms with Crippen molar-refractivity contribution in [2.24, 2.45) is 0 Å². The maximum absolute atomic E-state index is 13.0. The molecule has 11 heteroatoms. The third-order valence-corrected chi connectivity index (χ3v) is 4.33. The lowest BCUT2D eigenvalue weighted by molar-refractivity contribution is -0.137. The van der Waals surface area contributed by atoms with E-state index in [2.05, 4.69) is 35.8 Å². The van der Waals surface area contributed by atoms with E-state index in [-0.39, 0.29) is 23.5 Å². The average Bonchev–Trinajstić information content (AvgIpc) is 3.05. The van der Waals surface area contributed by atoms with Gasteiger partial charge in [0.25, 0.3) is 0 Å². The van der Waals surface area contributed by atoms with Crippen LogP contribution in [0.15, 0.2) is 18.5 Å². The zero-order valence-corrected chi connectivity index (χ0v) is 15.3. The molecular formula is C17H19F3N8. The van der Waals surface area contributed by atoms with Crippen molar-refractivity contribution in [3.63, 3.8) is 0 Å². The van der Waals surface area contributed by atoms with Crippen LogP contribution in [0.1, 0.15) is 17.7 Å². The van der Waals surface area contributed by atoms with Gasteiger partial charge in [0.05, 0.1) is 17.6 Å². The van der Waals surface area contributed by atoms with Gasteiger partial charge >= 0.3 is 6.18 Å². The van der Waals surface area contributed by atoms with Crippen LogP contribution in [0.4, 0.5) is 36.3 Å².